The molecule has 1 aliphatic heterocycles. The largest absolute Gasteiger partial charge is 0.453 e. The number of nitrogens with zero attached hydrogens (tertiary/aromatic N) is 8. The monoisotopic (exact) mass is 834 g/mol. The van der Waals surface area contributed by atoms with Gasteiger partial charge in [0.05, 0.1) is 44.5 Å². The van der Waals surface area contributed by atoms with Gasteiger partial charge in [-0.1, -0.05) is 109 Å². The van der Waals surface area contributed by atoms with Crippen molar-refractivity contribution in [3.05, 3.63) is 207 Å². The first-order valence-electron chi connectivity index (χ1n) is 21.6. The second-order valence-electron chi connectivity index (χ2n) is 16.3. The minimum absolute atomic E-state index is 0.715. The molecule has 14 rings (SSSR count). The number of aromatic nitrogens is 7. The van der Waals surface area contributed by atoms with Gasteiger partial charge in [0.2, 0.25) is 0 Å². The fourth-order valence-corrected chi connectivity index (χ4v) is 10.2. The van der Waals surface area contributed by atoms with E-state index in [4.69, 9.17) is 9.72 Å². The van der Waals surface area contributed by atoms with Crippen molar-refractivity contribution in [3.63, 3.8) is 0 Å². The van der Waals surface area contributed by atoms with Gasteiger partial charge in [-0.15, -0.1) is 0 Å². The van der Waals surface area contributed by atoms with E-state index in [0.29, 0.717) is 5.82 Å². The molecule has 0 saturated carbocycles. The molecule has 9 nitrogen and oxygen atoms in total. The molecule has 0 aliphatic carbocycles. The second-order valence-corrected chi connectivity index (χ2v) is 16.3. The second kappa shape index (κ2) is 13.7. The van der Waals surface area contributed by atoms with Crippen molar-refractivity contribution in [2.45, 2.75) is 0 Å². The summed E-state index contributed by atoms with van der Waals surface area (Å²) in [4.78, 5) is 22.5. The Hall–Kier alpha value is -9.08. The third-order valence-corrected chi connectivity index (χ3v) is 12.9. The third-order valence-electron chi connectivity index (χ3n) is 12.9. The Morgan fingerprint density at radius 2 is 0.738 bits per heavy atom. The molecule has 0 spiro atoms. The van der Waals surface area contributed by atoms with Gasteiger partial charge in [-0.3, -0.25) is 24.4 Å². The van der Waals surface area contributed by atoms with E-state index in [1.54, 1.807) is 0 Å². The van der Waals surface area contributed by atoms with Crippen molar-refractivity contribution in [3.8, 4) is 39.8 Å². The van der Waals surface area contributed by atoms with E-state index in [0.717, 1.165) is 117 Å². The van der Waals surface area contributed by atoms with Gasteiger partial charge >= 0.3 is 0 Å². The maximum Gasteiger partial charge on any atom is 0.165 e. The fourth-order valence-electron chi connectivity index (χ4n) is 10.2. The van der Waals surface area contributed by atoms with Gasteiger partial charge in [-0.25, -0.2) is 4.98 Å². The highest BCUT2D eigenvalue weighted by atomic mass is 16.5. The first kappa shape index (κ1) is 35.5. The van der Waals surface area contributed by atoms with Crippen molar-refractivity contribution in [2.75, 3.05) is 4.90 Å². The standard InChI is InChI=1S/C56H34N8O/c1-2-14-35(15-3-1)52-53(61-42-19-7-4-16-36(42)39-32-57-29-26-45(39)61)55(63-44-21-9-6-18-38(44)41-34-59-31-28-47(41)63)60-56(64-48-22-10-12-24-50(48)65-51-25-13-11-23-49(51)64)54(52)62-43-20-8-5-17-37(43)40-33-58-30-27-46(40)62/h1-34H. The molecular formula is C56H34N8O. The Morgan fingerprint density at radius 3 is 1.26 bits per heavy atom. The topological polar surface area (TPSA) is 78.8 Å². The number of para-hydroxylation sites is 7. The summed E-state index contributed by atoms with van der Waals surface area (Å²) in [6, 6.07) is 59.4. The summed E-state index contributed by atoms with van der Waals surface area (Å²) in [5.41, 5.74) is 11.6. The maximum atomic E-state index is 6.71. The lowest BCUT2D eigenvalue weighted by Crippen LogP contribution is -2.22. The van der Waals surface area contributed by atoms with Gasteiger partial charge in [0, 0.05) is 75.1 Å². The van der Waals surface area contributed by atoms with Crippen LogP contribution in [0.5, 0.6) is 11.5 Å². The summed E-state index contributed by atoms with van der Waals surface area (Å²) in [6.07, 6.45) is 11.6. The van der Waals surface area contributed by atoms with Crippen LogP contribution in [0, 0.1) is 0 Å². The van der Waals surface area contributed by atoms with Crippen molar-refractivity contribution < 1.29 is 4.74 Å². The van der Waals surface area contributed by atoms with Crippen molar-refractivity contribution in [2.24, 2.45) is 0 Å². The van der Waals surface area contributed by atoms with Crippen LogP contribution in [0.15, 0.2) is 207 Å². The molecule has 0 amide bonds. The highest BCUT2D eigenvalue weighted by Crippen LogP contribution is 2.55. The van der Waals surface area contributed by atoms with Crippen molar-refractivity contribution >= 4 is 82.6 Å². The highest BCUT2D eigenvalue weighted by molar-refractivity contribution is 6.14. The van der Waals surface area contributed by atoms with Gasteiger partial charge in [0.15, 0.2) is 23.1 Å². The fraction of sp³-hybridized carbons (Fsp3) is 0. The molecule has 0 unspecified atom stereocenters. The number of hydrogen-bond donors (Lipinski definition) is 0. The van der Waals surface area contributed by atoms with E-state index < -0.39 is 0 Å². The zero-order chi connectivity index (χ0) is 42.6. The molecule has 0 radical (unpaired) electrons. The van der Waals surface area contributed by atoms with Crippen LogP contribution in [0.4, 0.5) is 17.2 Å². The SMILES string of the molecule is c1ccc(-c2c(-n3c4ccccc4c4cnccc43)c(N3c4ccccc4Oc4ccccc43)nc(-n3c4ccccc4c4cnccc43)c2-n2c3ccccc3c3cnccc32)cc1. The molecule has 304 valence electrons. The van der Waals surface area contributed by atoms with Crippen LogP contribution < -0.4 is 9.64 Å². The van der Waals surface area contributed by atoms with Crippen LogP contribution in [0.3, 0.4) is 0 Å². The lowest BCUT2D eigenvalue weighted by molar-refractivity contribution is 0.476. The third kappa shape index (κ3) is 5.03. The molecule has 0 saturated heterocycles. The van der Waals surface area contributed by atoms with Gasteiger partial charge < -0.3 is 13.9 Å². The lowest BCUT2D eigenvalue weighted by atomic mass is 9.99. The van der Waals surface area contributed by atoms with E-state index in [2.05, 4.69) is 179 Å². The van der Waals surface area contributed by atoms with E-state index in [1.165, 1.54) is 0 Å². The van der Waals surface area contributed by atoms with Gasteiger partial charge in [-0.05, 0) is 66.2 Å². The summed E-state index contributed by atoms with van der Waals surface area (Å²) in [6.45, 7) is 0. The molecule has 65 heavy (non-hydrogen) atoms. The zero-order valence-electron chi connectivity index (χ0n) is 34.6. The number of benzene rings is 6. The molecule has 0 atom stereocenters. The van der Waals surface area contributed by atoms with Gasteiger partial charge in [0.25, 0.3) is 0 Å². The van der Waals surface area contributed by atoms with Crippen LogP contribution in [-0.2, 0) is 0 Å². The first-order chi connectivity index (χ1) is 32.3. The molecular weight excluding hydrogens is 801 g/mol. The van der Waals surface area contributed by atoms with Gasteiger partial charge in [-0.2, -0.15) is 0 Å². The molecule has 0 fully saturated rings. The van der Waals surface area contributed by atoms with Crippen molar-refractivity contribution in [1.29, 1.82) is 0 Å². The average Bonchev–Trinajstić information content (AvgIpc) is 4.01. The molecule has 0 N–H and O–H groups in total. The Morgan fingerprint density at radius 1 is 0.338 bits per heavy atom. The predicted molar refractivity (Wildman–Crippen MR) is 261 cm³/mol. The van der Waals surface area contributed by atoms with Crippen molar-refractivity contribution in [1.82, 2.24) is 33.6 Å². The Bertz CT molecular complexity index is 3870. The van der Waals surface area contributed by atoms with Crippen LogP contribution in [0.25, 0.3) is 93.7 Å². The molecule has 8 heterocycles. The number of fused-ring (bicyclic) bond motifs is 11. The zero-order valence-corrected chi connectivity index (χ0v) is 34.6. The number of hydrogen-bond acceptors (Lipinski definition) is 6. The van der Waals surface area contributed by atoms with Crippen LogP contribution >= 0.6 is 0 Å². The van der Waals surface area contributed by atoms with E-state index in [-0.39, 0.29) is 0 Å². The highest BCUT2D eigenvalue weighted by Gasteiger charge is 2.36. The van der Waals surface area contributed by atoms with Crippen LogP contribution in [-0.4, -0.2) is 33.6 Å². The number of rotatable bonds is 5. The van der Waals surface area contributed by atoms with Crippen LogP contribution in [0.1, 0.15) is 0 Å². The summed E-state index contributed by atoms with van der Waals surface area (Å²) >= 11 is 0. The Balaban J connectivity index is 1.30. The maximum absolute atomic E-state index is 6.71. The minimum atomic E-state index is 0.715. The molecule has 1 aliphatic rings. The molecule has 13 aromatic rings. The smallest absolute Gasteiger partial charge is 0.165 e. The molecule has 7 aromatic heterocycles. The summed E-state index contributed by atoms with van der Waals surface area (Å²) in [5.74, 6) is 2.92. The quantitative estimate of drug-likeness (QED) is 0.172. The lowest BCUT2D eigenvalue weighted by Gasteiger charge is -2.35. The predicted octanol–water partition coefficient (Wildman–Crippen LogP) is 13.8. The Kier molecular flexibility index (Phi) is 7.49. The summed E-state index contributed by atoms with van der Waals surface area (Å²) in [7, 11) is 0. The molecule has 0 bridgehead atoms. The number of ether oxygens (including phenoxy) is 1. The normalized spacial score (nSPS) is 12.4. The van der Waals surface area contributed by atoms with E-state index in [9.17, 15) is 0 Å². The van der Waals surface area contributed by atoms with Gasteiger partial charge in [0.1, 0.15) is 11.4 Å². The first-order valence-corrected chi connectivity index (χ1v) is 21.6. The molecule has 6 aromatic carbocycles. The Labute approximate surface area is 371 Å². The summed E-state index contributed by atoms with van der Waals surface area (Å²) in [5, 5.41) is 6.39. The number of anilines is 3. The van der Waals surface area contributed by atoms with Crippen LogP contribution in [0.2, 0.25) is 0 Å². The van der Waals surface area contributed by atoms with E-state index >= 15 is 0 Å². The van der Waals surface area contributed by atoms with E-state index in [1.807, 2.05) is 61.4 Å². The number of pyridine rings is 4. The average molecular weight is 835 g/mol. The molecule has 9 heteroatoms. The summed E-state index contributed by atoms with van der Waals surface area (Å²) < 4.78 is 13.8. The minimum Gasteiger partial charge on any atom is -0.453 e.